The molecule has 0 saturated carbocycles. The van der Waals surface area contributed by atoms with Gasteiger partial charge in [0.05, 0.1) is 0 Å². The van der Waals surface area contributed by atoms with Crippen LogP contribution in [-0.4, -0.2) is 49.6 Å². The second-order valence-electron chi connectivity index (χ2n) is 7.29. The van der Waals surface area contributed by atoms with Gasteiger partial charge in [0.2, 0.25) is 0 Å². The zero-order valence-electron chi connectivity index (χ0n) is 15.2. The van der Waals surface area contributed by atoms with E-state index in [1.165, 1.54) is 30.6 Å². The Kier molecular flexibility index (Phi) is 5.56. The van der Waals surface area contributed by atoms with Crippen molar-refractivity contribution in [2.75, 3.05) is 37.6 Å². The molecule has 5 heteroatoms. The lowest BCUT2D eigenvalue weighted by Crippen LogP contribution is -2.55. The molecule has 1 saturated heterocycles. The van der Waals surface area contributed by atoms with Gasteiger partial charge in [0.25, 0.3) is 5.91 Å². The van der Waals surface area contributed by atoms with Gasteiger partial charge >= 0.3 is 0 Å². The minimum Gasteiger partial charge on any atom is -0.366 e. The van der Waals surface area contributed by atoms with Crippen molar-refractivity contribution in [3.05, 3.63) is 52.2 Å². The number of nitrogens with one attached hydrogen (secondary N) is 1. The summed E-state index contributed by atoms with van der Waals surface area (Å²) in [4.78, 5) is 17.1. The van der Waals surface area contributed by atoms with E-state index in [4.69, 9.17) is 0 Å². The predicted octanol–water partition coefficient (Wildman–Crippen LogP) is 3.40. The number of aryl methyl sites for hydroxylation is 1. The van der Waals surface area contributed by atoms with E-state index < -0.39 is 0 Å². The highest BCUT2D eigenvalue weighted by atomic mass is 32.1. The Balaban J connectivity index is 1.18. The molecule has 1 atom stereocenters. The van der Waals surface area contributed by atoms with Crippen molar-refractivity contribution in [3.8, 4) is 0 Å². The molecule has 0 spiro atoms. The number of benzene rings is 1. The molecule has 1 fully saturated rings. The van der Waals surface area contributed by atoms with E-state index in [9.17, 15) is 4.79 Å². The van der Waals surface area contributed by atoms with Crippen LogP contribution in [0.4, 0.5) is 5.69 Å². The maximum atomic E-state index is 11.9. The van der Waals surface area contributed by atoms with E-state index >= 15 is 0 Å². The number of carbonyl (C=O) groups excluding carboxylic acids is 1. The van der Waals surface area contributed by atoms with E-state index in [0.717, 1.165) is 44.6 Å². The molecule has 138 valence electrons. The summed E-state index contributed by atoms with van der Waals surface area (Å²) in [5, 5.41) is 6.86. The molecule has 0 radical (unpaired) electrons. The number of anilines is 1. The molecule has 26 heavy (non-hydrogen) atoms. The monoisotopic (exact) mass is 369 g/mol. The molecule has 4 nitrogen and oxygen atoms in total. The summed E-state index contributed by atoms with van der Waals surface area (Å²) >= 11 is 1.56. The summed E-state index contributed by atoms with van der Waals surface area (Å²) in [5.74, 6) is 0.0562. The third-order valence-corrected chi connectivity index (χ3v) is 6.27. The number of thiophene rings is 1. The van der Waals surface area contributed by atoms with Crippen molar-refractivity contribution in [1.29, 1.82) is 0 Å². The molecule has 3 heterocycles. The average Bonchev–Trinajstić information content (AvgIpc) is 3.22. The van der Waals surface area contributed by atoms with Crippen molar-refractivity contribution in [2.24, 2.45) is 0 Å². The van der Waals surface area contributed by atoms with Gasteiger partial charge in [-0.1, -0.05) is 18.2 Å². The molecule has 0 bridgehead atoms. The van der Waals surface area contributed by atoms with Crippen LogP contribution in [0.25, 0.3) is 0 Å². The number of carbonyl (C=O) groups is 1. The van der Waals surface area contributed by atoms with Crippen LogP contribution in [0, 0.1) is 0 Å². The first kappa shape index (κ1) is 17.6. The molecule has 1 aromatic carbocycles. The van der Waals surface area contributed by atoms with Crippen LogP contribution in [-0.2, 0) is 6.42 Å². The largest absolute Gasteiger partial charge is 0.366 e. The van der Waals surface area contributed by atoms with Gasteiger partial charge in [-0.15, -0.1) is 0 Å². The number of hydrogen-bond donors (Lipinski definition) is 1. The molecule has 1 N–H and O–H groups in total. The molecular weight excluding hydrogens is 342 g/mol. The fraction of sp³-hybridized carbons (Fsp3) is 0.476. The molecule has 0 aliphatic carbocycles. The molecule has 1 aromatic heterocycles. The average molecular weight is 370 g/mol. The standard InChI is InChI=1S/C21H27N3OS/c25-21(18-9-14-26-16-18)22-10-3-4-11-23-12-13-24-19(15-23)8-7-17-5-1-2-6-20(17)24/h1-2,5-6,9,14,16,19H,3-4,7-8,10-13,15H2,(H,22,25). The van der Waals surface area contributed by atoms with Gasteiger partial charge in [-0.05, 0) is 55.3 Å². The van der Waals surface area contributed by atoms with Crippen molar-refractivity contribution in [3.63, 3.8) is 0 Å². The summed E-state index contributed by atoms with van der Waals surface area (Å²) < 4.78 is 0. The molecule has 1 amide bonds. The summed E-state index contributed by atoms with van der Waals surface area (Å²) in [6.45, 7) is 5.37. The highest BCUT2D eigenvalue weighted by Gasteiger charge is 2.30. The Labute approximate surface area is 159 Å². The minimum atomic E-state index is 0.0562. The van der Waals surface area contributed by atoms with Gasteiger partial charge < -0.3 is 10.2 Å². The molecule has 1 unspecified atom stereocenters. The molecule has 4 rings (SSSR count). The third-order valence-electron chi connectivity index (χ3n) is 5.58. The van der Waals surface area contributed by atoms with Crippen molar-refractivity contribution < 1.29 is 4.79 Å². The second-order valence-corrected chi connectivity index (χ2v) is 8.07. The van der Waals surface area contributed by atoms with Gasteiger partial charge in [-0.2, -0.15) is 11.3 Å². The normalized spacial score (nSPS) is 19.7. The predicted molar refractivity (Wildman–Crippen MR) is 108 cm³/mol. The Morgan fingerprint density at radius 3 is 3.00 bits per heavy atom. The summed E-state index contributed by atoms with van der Waals surface area (Å²) in [6, 6.07) is 11.4. The maximum absolute atomic E-state index is 11.9. The Morgan fingerprint density at radius 1 is 1.19 bits per heavy atom. The number of para-hydroxylation sites is 1. The number of hydrogen-bond acceptors (Lipinski definition) is 4. The van der Waals surface area contributed by atoms with Gasteiger partial charge in [0, 0.05) is 48.9 Å². The smallest absolute Gasteiger partial charge is 0.252 e. The first-order valence-corrected chi connectivity index (χ1v) is 10.6. The quantitative estimate of drug-likeness (QED) is 0.793. The second kappa shape index (κ2) is 8.23. The minimum absolute atomic E-state index is 0.0562. The molecule has 2 aliphatic heterocycles. The van der Waals surface area contributed by atoms with Gasteiger partial charge in [0.1, 0.15) is 0 Å². The molecule has 2 aliphatic rings. The van der Waals surface area contributed by atoms with Crippen LogP contribution in [0.3, 0.4) is 0 Å². The lowest BCUT2D eigenvalue weighted by Gasteiger charge is -2.46. The van der Waals surface area contributed by atoms with Crippen molar-refractivity contribution in [2.45, 2.75) is 31.7 Å². The first-order chi connectivity index (χ1) is 12.8. The van der Waals surface area contributed by atoms with Gasteiger partial charge in [0.15, 0.2) is 0 Å². The first-order valence-electron chi connectivity index (χ1n) is 9.68. The highest BCUT2D eigenvalue weighted by Crippen LogP contribution is 2.32. The van der Waals surface area contributed by atoms with E-state index in [-0.39, 0.29) is 5.91 Å². The lowest BCUT2D eigenvalue weighted by molar-refractivity contribution is 0.0953. The zero-order valence-corrected chi connectivity index (χ0v) is 16.0. The van der Waals surface area contributed by atoms with Crippen LogP contribution >= 0.6 is 11.3 Å². The number of piperazine rings is 1. The highest BCUT2D eigenvalue weighted by molar-refractivity contribution is 7.08. The van der Waals surface area contributed by atoms with Gasteiger partial charge in [-0.25, -0.2) is 0 Å². The number of unbranched alkanes of at least 4 members (excludes halogenated alkanes) is 1. The van der Waals surface area contributed by atoms with Gasteiger partial charge in [-0.3, -0.25) is 9.69 Å². The van der Waals surface area contributed by atoms with Crippen LogP contribution in [0.2, 0.25) is 0 Å². The van der Waals surface area contributed by atoms with E-state index in [1.54, 1.807) is 11.3 Å². The molecular formula is C21H27N3OS. The SMILES string of the molecule is O=C(NCCCCN1CCN2c3ccccc3CCC2C1)c1ccsc1. The summed E-state index contributed by atoms with van der Waals surface area (Å²) in [5.41, 5.74) is 3.75. The Morgan fingerprint density at radius 2 is 2.12 bits per heavy atom. The summed E-state index contributed by atoms with van der Waals surface area (Å²) in [6.07, 6.45) is 4.67. The van der Waals surface area contributed by atoms with E-state index in [0.29, 0.717) is 6.04 Å². The number of amides is 1. The zero-order chi connectivity index (χ0) is 17.8. The third kappa shape index (κ3) is 3.94. The number of nitrogens with zero attached hydrogens (tertiary/aromatic N) is 2. The van der Waals surface area contributed by atoms with Crippen LogP contribution in [0.1, 0.15) is 35.2 Å². The van der Waals surface area contributed by atoms with Crippen LogP contribution < -0.4 is 10.2 Å². The Hall–Kier alpha value is -1.85. The number of fused-ring (bicyclic) bond motifs is 3. The van der Waals surface area contributed by atoms with Crippen molar-refractivity contribution in [1.82, 2.24) is 10.2 Å². The fourth-order valence-electron chi connectivity index (χ4n) is 4.17. The van der Waals surface area contributed by atoms with E-state index in [1.807, 2.05) is 16.8 Å². The topological polar surface area (TPSA) is 35.6 Å². The molecule has 2 aromatic rings. The van der Waals surface area contributed by atoms with Crippen LogP contribution in [0.5, 0.6) is 0 Å². The number of rotatable bonds is 6. The van der Waals surface area contributed by atoms with Crippen LogP contribution in [0.15, 0.2) is 41.1 Å². The summed E-state index contributed by atoms with van der Waals surface area (Å²) in [7, 11) is 0. The lowest BCUT2D eigenvalue weighted by atomic mass is 9.94. The maximum Gasteiger partial charge on any atom is 0.252 e. The Bertz CT molecular complexity index is 731. The fourth-order valence-corrected chi connectivity index (χ4v) is 4.81. The van der Waals surface area contributed by atoms with E-state index in [2.05, 4.69) is 39.4 Å². The van der Waals surface area contributed by atoms with Crippen molar-refractivity contribution >= 4 is 22.9 Å².